The van der Waals surface area contributed by atoms with Gasteiger partial charge in [0.1, 0.15) is 11.5 Å². The molecular weight excluding hydrogens is 233 g/mol. The summed E-state index contributed by atoms with van der Waals surface area (Å²) in [6.45, 7) is 3.84. The number of halogens is 1. The van der Waals surface area contributed by atoms with Crippen LogP contribution >= 0.6 is 0 Å². The van der Waals surface area contributed by atoms with E-state index in [0.717, 1.165) is 5.56 Å². The summed E-state index contributed by atoms with van der Waals surface area (Å²) in [4.78, 5) is 11.0. The summed E-state index contributed by atoms with van der Waals surface area (Å²) in [7, 11) is 0. The maximum atomic E-state index is 13.5. The minimum Gasteiger partial charge on any atom is -0.477 e. The molecule has 0 bridgehead atoms. The minimum absolute atomic E-state index is 0.204. The number of nitrogens with zero attached hydrogens (tertiary/aromatic N) is 1. The summed E-state index contributed by atoms with van der Waals surface area (Å²) in [5.41, 5.74) is 2.28. The Kier molecular flexibility index (Phi) is 3.19. The van der Waals surface area contributed by atoms with Crippen LogP contribution in [0.2, 0.25) is 0 Å². The van der Waals surface area contributed by atoms with Crippen molar-refractivity contribution in [2.45, 2.75) is 20.4 Å². The van der Waals surface area contributed by atoms with Gasteiger partial charge in [0.25, 0.3) is 0 Å². The van der Waals surface area contributed by atoms with Crippen LogP contribution in [0, 0.1) is 19.7 Å². The van der Waals surface area contributed by atoms with Gasteiger partial charge in [0.15, 0.2) is 0 Å². The van der Waals surface area contributed by atoms with Gasteiger partial charge in [-0.3, -0.25) is 0 Å². The van der Waals surface area contributed by atoms with Gasteiger partial charge < -0.3 is 9.67 Å². The second kappa shape index (κ2) is 4.64. The summed E-state index contributed by atoms with van der Waals surface area (Å²) < 4.78 is 15.1. The number of carboxylic acid groups (broad SMARTS) is 1. The molecule has 0 amide bonds. The normalized spacial score (nSPS) is 10.6. The topological polar surface area (TPSA) is 42.2 Å². The second-order valence-electron chi connectivity index (χ2n) is 4.37. The molecule has 1 N–H and O–H groups in total. The van der Waals surface area contributed by atoms with Gasteiger partial charge in [-0.05, 0) is 42.7 Å². The predicted molar refractivity (Wildman–Crippen MR) is 66.4 cm³/mol. The third kappa shape index (κ3) is 2.27. The molecule has 0 fully saturated rings. The van der Waals surface area contributed by atoms with Crippen molar-refractivity contribution in [1.29, 1.82) is 0 Å². The van der Waals surface area contributed by atoms with E-state index in [1.807, 2.05) is 0 Å². The van der Waals surface area contributed by atoms with Gasteiger partial charge in [0, 0.05) is 12.7 Å². The molecule has 94 valence electrons. The lowest BCUT2D eigenvalue weighted by atomic mass is 10.1. The standard InChI is InChI=1S/C14H14FNO2/c1-9-6-11(7-10(2)13(9)15)8-16-5-3-4-12(16)14(17)18/h3-7H,8H2,1-2H3,(H,17,18). The molecular formula is C14H14FNO2. The SMILES string of the molecule is Cc1cc(Cn2cccc2C(=O)O)cc(C)c1F. The van der Waals surface area contributed by atoms with Crippen LogP contribution < -0.4 is 0 Å². The van der Waals surface area contributed by atoms with E-state index in [4.69, 9.17) is 5.11 Å². The number of aryl methyl sites for hydroxylation is 2. The van der Waals surface area contributed by atoms with Crippen molar-refractivity contribution in [2.75, 3.05) is 0 Å². The number of aromatic nitrogens is 1. The van der Waals surface area contributed by atoms with Crippen molar-refractivity contribution >= 4 is 5.97 Å². The lowest BCUT2D eigenvalue weighted by molar-refractivity contribution is 0.0685. The van der Waals surface area contributed by atoms with E-state index in [2.05, 4.69) is 0 Å². The van der Waals surface area contributed by atoms with E-state index < -0.39 is 5.97 Å². The van der Waals surface area contributed by atoms with Gasteiger partial charge in [-0.25, -0.2) is 9.18 Å². The van der Waals surface area contributed by atoms with Crippen LogP contribution in [0.5, 0.6) is 0 Å². The highest BCUT2D eigenvalue weighted by Crippen LogP contribution is 2.16. The Morgan fingerprint density at radius 3 is 2.50 bits per heavy atom. The van der Waals surface area contributed by atoms with Gasteiger partial charge in [-0.1, -0.05) is 12.1 Å². The van der Waals surface area contributed by atoms with Crippen LogP contribution in [0.3, 0.4) is 0 Å². The van der Waals surface area contributed by atoms with Crippen LogP contribution in [0.1, 0.15) is 27.2 Å². The number of carbonyl (C=O) groups is 1. The summed E-state index contributed by atoms with van der Waals surface area (Å²) in [6.07, 6.45) is 1.71. The Labute approximate surface area is 104 Å². The maximum Gasteiger partial charge on any atom is 0.352 e. The van der Waals surface area contributed by atoms with Crippen molar-refractivity contribution in [3.05, 3.63) is 58.7 Å². The number of rotatable bonds is 3. The van der Waals surface area contributed by atoms with E-state index >= 15 is 0 Å². The highest BCUT2D eigenvalue weighted by Gasteiger charge is 2.10. The fourth-order valence-corrected chi connectivity index (χ4v) is 2.07. The Bertz CT molecular complexity index is 579. The highest BCUT2D eigenvalue weighted by atomic mass is 19.1. The fourth-order valence-electron chi connectivity index (χ4n) is 2.07. The smallest absolute Gasteiger partial charge is 0.352 e. The first kappa shape index (κ1) is 12.4. The van der Waals surface area contributed by atoms with Gasteiger partial charge in [0.05, 0.1) is 0 Å². The van der Waals surface area contributed by atoms with Crippen molar-refractivity contribution in [3.8, 4) is 0 Å². The van der Waals surface area contributed by atoms with Crippen LogP contribution in [0.25, 0.3) is 0 Å². The van der Waals surface area contributed by atoms with Gasteiger partial charge >= 0.3 is 5.97 Å². The zero-order valence-corrected chi connectivity index (χ0v) is 10.3. The third-order valence-electron chi connectivity index (χ3n) is 2.90. The van der Waals surface area contributed by atoms with Crippen molar-refractivity contribution in [3.63, 3.8) is 0 Å². The second-order valence-corrected chi connectivity index (χ2v) is 4.37. The maximum absolute atomic E-state index is 13.5. The Morgan fingerprint density at radius 2 is 1.94 bits per heavy atom. The van der Waals surface area contributed by atoms with Gasteiger partial charge in [-0.2, -0.15) is 0 Å². The van der Waals surface area contributed by atoms with Crippen LogP contribution in [-0.4, -0.2) is 15.6 Å². The first-order valence-corrected chi connectivity index (χ1v) is 5.63. The largest absolute Gasteiger partial charge is 0.477 e. The monoisotopic (exact) mass is 247 g/mol. The van der Waals surface area contributed by atoms with Crippen molar-refractivity contribution in [2.24, 2.45) is 0 Å². The van der Waals surface area contributed by atoms with E-state index in [9.17, 15) is 9.18 Å². The molecule has 0 radical (unpaired) electrons. The number of aromatic carboxylic acids is 1. The molecule has 0 aliphatic heterocycles. The van der Waals surface area contributed by atoms with Crippen molar-refractivity contribution < 1.29 is 14.3 Å². The van der Waals surface area contributed by atoms with E-state index in [1.54, 1.807) is 48.9 Å². The van der Waals surface area contributed by atoms with Gasteiger partial charge in [-0.15, -0.1) is 0 Å². The van der Waals surface area contributed by atoms with Crippen LogP contribution in [-0.2, 0) is 6.54 Å². The molecule has 0 atom stereocenters. The van der Waals surface area contributed by atoms with Crippen molar-refractivity contribution in [1.82, 2.24) is 4.57 Å². The molecule has 0 aliphatic rings. The van der Waals surface area contributed by atoms with Crippen LogP contribution in [0.4, 0.5) is 4.39 Å². The summed E-state index contributed by atoms with van der Waals surface area (Å²) >= 11 is 0. The fraction of sp³-hybridized carbons (Fsp3) is 0.214. The molecule has 18 heavy (non-hydrogen) atoms. The van der Waals surface area contributed by atoms with E-state index in [0.29, 0.717) is 17.7 Å². The zero-order valence-electron chi connectivity index (χ0n) is 10.3. The summed E-state index contributed by atoms with van der Waals surface area (Å²) in [5.74, 6) is -1.17. The molecule has 1 heterocycles. The Morgan fingerprint density at radius 1 is 1.33 bits per heavy atom. The van der Waals surface area contributed by atoms with E-state index in [-0.39, 0.29) is 11.5 Å². The molecule has 0 saturated carbocycles. The molecule has 4 heteroatoms. The summed E-state index contributed by atoms with van der Waals surface area (Å²) in [5, 5.41) is 9.01. The quantitative estimate of drug-likeness (QED) is 0.906. The third-order valence-corrected chi connectivity index (χ3v) is 2.90. The average molecular weight is 247 g/mol. The number of benzene rings is 1. The molecule has 1 aromatic heterocycles. The molecule has 0 spiro atoms. The lowest BCUT2D eigenvalue weighted by Gasteiger charge is -2.09. The first-order chi connectivity index (χ1) is 8.49. The number of carboxylic acids is 1. The average Bonchev–Trinajstić information content (AvgIpc) is 2.74. The molecule has 2 rings (SSSR count). The lowest BCUT2D eigenvalue weighted by Crippen LogP contribution is -2.09. The first-order valence-electron chi connectivity index (χ1n) is 5.63. The zero-order chi connectivity index (χ0) is 13.3. The summed E-state index contributed by atoms with van der Waals surface area (Å²) in [6, 6.07) is 6.72. The van der Waals surface area contributed by atoms with Crippen LogP contribution in [0.15, 0.2) is 30.5 Å². The molecule has 0 saturated heterocycles. The Balaban J connectivity index is 2.34. The molecule has 2 aromatic rings. The molecule has 0 unspecified atom stereocenters. The van der Waals surface area contributed by atoms with Gasteiger partial charge in [0.2, 0.25) is 0 Å². The highest BCUT2D eigenvalue weighted by molar-refractivity contribution is 5.85. The minimum atomic E-state index is -0.962. The predicted octanol–water partition coefficient (Wildman–Crippen LogP) is 2.99. The van der Waals surface area contributed by atoms with E-state index in [1.165, 1.54) is 0 Å². The molecule has 3 nitrogen and oxygen atoms in total. The number of hydrogen-bond donors (Lipinski definition) is 1. The molecule has 1 aromatic carbocycles. The Hall–Kier alpha value is -2.10. The number of hydrogen-bond acceptors (Lipinski definition) is 1. The molecule has 0 aliphatic carbocycles.